The molecule has 8 heteroatoms. The summed E-state index contributed by atoms with van der Waals surface area (Å²) in [5.41, 5.74) is 2.08. The number of nitrogens with zero attached hydrogens (tertiary/aromatic N) is 7. The van der Waals surface area contributed by atoms with Crippen LogP contribution in [0.25, 0.3) is 11.0 Å². The molecule has 3 aromatic heterocycles. The molecule has 8 nitrogen and oxygen atoms in total. The number of likely N-dealkylation sites (tertiary alicyclic amines) is 1. The van der Waals surface area contributed by atoms with Crippen LogP contribution < -0.4 is 4.90 Å². The number of piperidine rings is 1. The van der Waals surface area contributed by atoms with Gasteiger partial charge in [-0.15, -0.1) is 0 Å². The Morgan fingerprint density at radius 3 is 2.64 bits per heavy atom. The number of aromatic nitrogens is 5. The van der Waals surface area contributed by atoms with Gasteiger partial charge in [-0.25, -0.2) is 14.6 Å². The van der Waals surface area contributed by atoms with Crippen molar-refractivity contribution in [1.82, 2.24) is 29.6 Å². The first-order valence-corrected chi connectivity index (χ1v) is 10.0. The van der Waals surface area contributed by atoms with Crippen molar-refractivity contribution in [1.29, 1.82) is 0 Å². The molecule has 0 aliphatic carbocycles. The van der Waals surface area contributed by atoms with E-state index in [0.717, 1.165) is 81.3 Å². The lowest BCUT2D eigenvalue weighted by atomic mass is 10.0. The van der Waals surface area contributed by atoms with Crippen LogP contribution in [0.1, 0.15) is 24.6 Å². The van der Waals surface area contributed by atoms with E-state index in [-0.39, 0.29) is 0 Å². The standard InChI is InChI=1S/C20H25N7O/c1-2-6-21-16(3-1)14-25-7-4-17(5-8-25)27-20-18(13-24-27)19(22-15-23-20)26-9-11-28-12-10-26/h1-3,6,13,15,17H,4-5,7-12,14H2. The van der Waals surface area contributed by atoms with E-state index in [4.69, 9.17) is 9.84 Å². The molecule has 2 saturated heterocycles. The van der Waals surface area contributed by atoms with Gasteiger partial charge in [0, 0.05) is 38.9 Å². The molecule has 2 aliphatic heterocycles. The molecule has 0 radical (unpaired) electrons. The molecular weight excluding hydrogens is 354 g/mol. The van der Waals surface area contributed by atoms with Crippen LogP contribution in [0.5, 0.6) is 0 Å². The Hall–Kier alpha value is -2.58. The second kappa shape index (κ2) is 7.81. The van der Waals surface area contributed by atoms with E-state index in [2.05, 4.69) is 41.6 Å². The summed E-state index contributed by atoms with van der Waals surface area (Å²) in [6.07, 6.45) is 7.60. The van der Waals surface area contributed by atoms with Crippen LogP contribution in [-0.2, 0) is 11.3 Å². The molecule has 5 heterocycles. The molecule has 28 heavy (non-hydrogen) atoms. The first-order valence-electron chi connectivity index (χ1n) is 10.0. The third-order valence-electron chi connectivity index (χ3n) is 5.70. The second-order valence-corrected chi connectivity index (χ2v) is 7.45. The van der Waals surface area contributed by atoms with Crippen molar-refractivity contribution in [2.75, 3.05) is 44.3 Å². The first kappa shape index (κ1) is 17.5. The summed E-state index contributed by atoms with van der Waals surface area (Å²) < 4.78 is 7.58. The van der Waals surface area contributed by atoms with Crippen molar-refractivity contribution in [3.8, 4) is 0 Å². The number of hydrogen-bond donors (Lipinski definition) is 0. The SMILES string of the molecule is c1ccc(CN2CCC(n3ncc4c(N5CCOCC5)ncnc43)CC2)nc1. The fourth-order valence-electron chi connectivity index (χ4n) is 4.19. The van der Waals surface area contributed by atoms with Crippen LogP contribution in [0.2, 0.25) is 0 Å². The number of ether oxygens (including phenoxy) is 1. The quantitative estimate of drug-likeness (QED) is 0.685. The van der Waals surface area contributed by atoms with E-state index < -0.39 is 0 Å². The summed E-state index contributed by atoms with van der Waals surface area (Å²) in [6, 6.07) is 6.49. The molecule has 0 unspecified atom stereocenters. The Balaban J connectivity index is 1.30. The predicted octanol–water partition coefficient (Wildman–Crippen LogP) is 1.89. The number of hydrogen-bond acceptors (Lipinski definition) is 7. The van der Waals surface area contributed by atoms with Crippen molar-refractivity contribution in [2.45, 2.75) is 25.4 Å². The minimum Gasteiger partial charge on any atom is -0.378 e. The summed E-state index contributed by atoms with van der Waals surface area (Å²) >= 11 is 0. The Labute approximate surface area is 164 Å². The molecule has 0 spiro atoms. The molecule has 0 amide bonds. The van der Waals surface area contributed by atoms with Gasteiger partial charge in [-0.2, -0.15) is 5.10 Å². The Morgan fingerprint density at radius 1 is 1.00 bits per heavy atom. The molecule has 0 aromatic carbocycles. The Morgan fingerprint density at radius 2 is 1.86 bits per heavy atom. The van der Waals surface area contributed by atoms with Gasteiger partial charge in [0.15, 0.2) is 5.65 Å². The van der Waals surface area contributed by atoms with E-state index in [9.17, 15) is 0 Å². The second-order valence-electron chi connectivity index (χ2n) is 7.45. The summed E-state index contributed by atoms with van der Waals surface area (Å²) in [4.78, 5) is 18.3. The minimum atomic E-state index is 0.380. The highest BCUT2D eigenvalue weighted by Gasteiger charge is 2.25. The molecule has 146 valence electrons. The highest BCUT2D eigenvalue weighted by atomic mass is 16.5. The third kappa shape index (κ3) is 3.45. The van der Waals surface area contributed by atoms with E-state index in [1.54, 1.807) is 6.33 Å². The fraction of sp³-hybridized carbons (Fsp3) is 0.500. The van der Waals surface area contributed by atoms with Gasteiger partial charge in [-0.3, -0.25) is 9.88 Å². The average Bonchev–Trinajstić information content (AvgIpc) is 3.20. The number of morpholine rings is 1. The van der Waals surface area contributed by atoms with E-state index in [0.29, 0.717) is 6.04 Å². The van der Waals surface area contributed by atoms with Gasteiger partial charge >= 0.3 is 0 Å². The van der Waals surface area contributed by atoms with Crippen LogP contribution in [0.15, 0.2) is 36.9 Å². The number of pyridine rings is 1. The molecule has 3 aromatic rings. The third-order valence-corrected chi connectivity index (χ3v) is 5.70. The van der Waals surface area contributed by atoms with Crippen LogP contribution in [0, 0.1) is 0 Å². The van der Waals surface area contributed by atoms with Crippen molar-refractivity contribution in [3.05, 3.63) is 42.6 Å². The lowest BCUT2D eigenvalue weighted by molar-refractivity contribution is 0.122. The zero-order valence-corrected chi connectivity index (χ0v) is 15.9. The average molecular weight is 379 g/mol. The summed E-state index contributed by atoms with van der Waals surface area (Å²) in [5.74, 6) is 0.979. The van der Waals surface area contributed by atoms with Crippen molar-refractivity contribution >= 4 is 16.9 Å². The normalized spacial score (nSPS) is 19.4. The molecular formula is C20H25N7O. The molecule has 2 aliphatic rings. The smallest absolute Gasteiger partial charge is 0.163 e. The summed E-state index contributed by atoms with van der Waals surface area (Å²) in [7, 11) is 0. The zero-order chi connectivity index (χ0) is 18.8. The van der Waals surface area contributed by atoms with Gasteiger partial charge < -0.3 is 9.64 Å². The lowest BCUT2D eigenvalue weighted by Crippen LogP contribution is -2.37. The highest BCUT2D eigenvalue weighted by Crippen LogP contribution is 2.29. The molecule has 0 bridgehead atoms. The van der Waals surface area contributed by atoms with Gasteiger partial charge in [0.05, 0.1) is 36.5 Å². The van der Waals surface area contributed by atoms with Crippen LogP contribution in [-0.4, -0.2) is 69.0 Å². The van der Waals surface area contributed by atoms with Crippen LogP contribution >= 0.6 is 0 Å². The van der Waals surface area contributed by atoms with Crippen molar-refractivity contribution in [3.63, 3.8) is 0 Å². The van der Waals surface area contributed by atoms with Gasteiger partial charge in [-0.05, 0) is 25.0 Å². The maximum absolute atomic E-state index is 5.47. The van der Waals surface area contributed by atoms with Crippen molar-refractivity contribution < 1.29 is 4.74 Å². The van der Waals surface area contributed by atoms with Crippen molar-refractivity contribution in [2.24, 2.45) is 0 Å². The molecule has 2 fully saturated rings. The number of rotatable bonds is 4. The molecule has 0 saturated carbocycles. The predicted molar refractivity (Wildman–Crippen MR) is 106 cm³/mol. The van der Waals surface area contributed by atoms with Gasteiger partial charge in [0.2, 0.25) is 0 Å². The Kier molecular flexibility index (Phi) is 4.88. The zero-order valence-electron chi connectivity index (χ0n) is 15.9. The highest BCUT2D eigenvalue weighted by molar-refractivity contribution is 5.86. The topological polar surface area (TPSA) is 72.2 Å². The van der Waals surface area contributed by atoms with Gasteiger partial charge in [-0.1, -0.05) is 6.07 Å². The Bertz CT molecular complexity index is 915. The molecule has 0 N–H and O–H groups in total. The van der Waals surface area contributed by atoms with Gasteiger partial charge in [0.25, 0.3) is 0 Å². The van der Waals surface area contributed by atoms with E-state index >= 15 is 0 Å². The summed E-state index contributed by atoms with van der Waals surface area (Å²) in [6.45, 7) is 6.22. The maximum Gasteiger partial charge on any atom is 0.163 e. The van der Waals surface area contributed by atoms with E-state index in [1.807, 2.05) is 18.5 Å². The minimum absolute atomic E-state index is 0.380. The van der Waals surface area contributed by atoms with Gasteiger partial charge in [0.1, 0.15) is 12.1 Å². The monoisotopic (exact) mass is 379 g/mol. The fourth-order valence-corrected chi connectivity index (χ4v) is 4.19. The number of fused-ring (bicyclic) bond motifs is 1. The lowest BCUT2D eigenvalue weighted by Gasteiger charge is -2.32. The van der Waals surface area contributed by atoms with Crippen LogP contribution in [0.4, 0.5) is 5.82 Å². The first-order chi connectivity index (χ1) is 13.9. The molecule has 0 atom stereocenters. The van der Waals surface area contributed by atoms with Crippen LogP contribution in [0.3, 0.4) is 0 Å². The largest absolute Gasteiger partial charge is 0.378 e. The maximum atomic E-state index is 5.47. The molecule has 5 rings (SSSR count). The number of anilines is 1. The van der Waals surface area contributed by atoms with E-state index in [1.165, 1.54) is 0 Å². The summed E-state index contributed by atoms with van der Waals surface area (Å²) in [5, 5.41) is 5.75.